The van der Waals surface area contributed by atoms with Crippen LogP contribution < -0.4 is 10.5 Å². The Balaban J connectivity index is 2.25. The van der Waals surface area contributed by atoms with Gasteiger partial charge in [-0.25, -0.2) is 4.98 Å². The summed E-state index contributed by atoms with van der Waals surface area (Å²) < 4.78 is 7.32. The number of anilines is 1. The average molecular weight is 363 g/mol. The number of phenolic OH excluding ortho intramolecular Hbond substituents is 1. The van der Waals surface area contributed by atoms with Gasteiger partial charge in [0.15, 0.2) is 0 Å². The number of hydrogen-bond acceptors (Lipinski definition) is 6. The Labute approximate surface area is 157 Å². The molecule has 2 heterocycles. The van der Waals surface area contributed by atoms with Gasteiger partial charge in [-0.2, -0.15) is 10.4 Å². The molecule has 2 aromatic heterocycles. The van der Waals surface area contributed by atoms with Crippen LogP contribution in [0.4, 0.5) is 5.82 Å². The van der Waals surface area contributed by atoms with Crippen LogP contribution in [0, 0.1) is 18.3 Å². The maximum atomic E-state index is 9.92. The number of aromatic hydroxyl groups is 1. The fourth-order valence-electron chi connectivity index (χ4n) is 3.07. The number of nitrogens with zero attached hydrogens (tertiary/aromatic N) is 4. The highest BCUT2D eigenvalue weighted by atomic mass is 16.5. The molecule has 0 saturated carbocycles. The third-order valence-electron chi connectivity index (χ3n) is 4.45. The first kappa shape index (κ1) is 18.3. The molecule has 0 spiro atoms. The van der Waals surface area contributed by atoms with E-state index in [2.05, 4.69) is 23.1 Å². The van der Waals surface area contributed by atoms with Crippen molar-refractivity contribution in [1.29, 1.82) is 5.26 Å². The smallest absolute Gasteiger partial charge is 0.142 e. The van der Waals surface area contributed by atoms with Crippen molar-refractivity contribution >= 4 is 5.82 Å². The summed E-state index contributed by atoms with van der Waals surface area (Å²) in [6.07, 6.45) is 2.72. The summed E-state index contributed by atoms with van der Waals surface area (Å²) in [6, 6.07) is 8.61. The van der Waals surface area contributed by atoms with Crippen molar-refractivity contribution in [3.05, 3.63) is 41.7 Å². The monoisotopic (exact) mass is 363 g/mol. The minimum atomic E-state index is 0.0681. The molecule has 0 aliphatic rings. The average Bonchev–Trinajstić information content (AvgIpc) is 3.02. The lowest BCUT2D eigenvalue weighted by Crippen LogP contribution is -2.03. The molecular weight excluding hydrogens is 342 g/mol. The molecule has 3 rings (SSSR count). The van der Waals surface area contributed by atoms with Crippen LogP contribution in [0.15, 0.2) is 30.5 Å². The number of methoxy groups -OCH3 is 1. The highest BCUT2D eigenvalue weighted by molar-refractivity contribution is 5.83. The Morgan fingerprint density at radius 1 is 1.26 bits per heavy atom. The Kier molecular flexibility index (Phi) is 4.99. The number of ether oxygens (including phenoxy) is 1. The molecule has 0 bridgehead atoms. The second kappa shape index (κ2) is 7.38. The Bertz CT molecular complexity index is 1030. The fourth-order valence-corrected chi connectivity index (χ4v) is 3.07. The first-order valence-corrected chi connectivity index (χ1v) is 8.60. The fraction of sp³-hybridized carbons (Fsp3) is 0.250. The van der Waals surface area contributed by atoms with Gasteiger partial charge in [0.05, 0.1) is 19.0 Å². The highest BCUT2D eigenvalue weighted by Gasteiger charge is 2.19. The number of hydrogen-bond donors (Lipinski definition) is 2. The molecule has 138 valence electrons. The number of phenols is 1. The summed E-state index contributed by atoms with van der Waals surface area (Å²) >= 11 is 0. The molecule has 3 N–H and O–H groups in total. The standard InChI is InChI=1S/C20H21N5O2/c1-4-7-25-12(2)17(11-23-25)18-9-14(16(10-21)20(22)24-18)15-8-13(26)5-6-19(15)27-3/h5-6,8-9,11,26H,4,7H2,1-3H3,(H2,22,24). The normalized spacial score (nSPS) is 10.6. The van der Waals surface area contributed by atoms with Gasteiger partial charge >= 0.3 is 0 Å². The van der Waals surface area contributed by atoms with Crippen molar-refractivity contribution in [2.75, 3.05) is 12.8 Å². The first-order chi connectivity index (χ1) is 13.0. The zero-order valence-electron chi connectivity index (χ0n) is 15.5. The highest BCUT2D eigenvalue weighted by Crippen LogP contribution is 2.38. The van der Waals surface area contributed by atoms with E-state index in [0.717, 1.165) is 24.2 Å². The lowest BCUT2D eigenvalue weighted by molar-refractivity contribution is 0.414. The molecule has 3 aromatic rings. The van der Waals surface area contributed by atoms with E-state index in [1.807, 2.05) is 11.6 Å². The Morgan fingerprint density at radius 3 is 2.70 bits per heavy atom. The molecule has 0 aliphatic carbocycles. The number of aromatic nitrogens is 3. The van der Waals surface area contributed by atoms with E-state index in [4.69, 9.17) is 10.5 Å². The largest absolute Gasteiger partial charge is 0.508 e. The number of nitrogen functional groups attached to an aromatic ring is 1. The molecule has 7 nitrogen and oxygen atoms in total. The van der Waals surface area contributed by atoms with Crippen LogP contribution in [0.1, 0.15) is 24.6 Å². The molecule has 7 heteroatoms. The molecule has 0 saturated heterocycles. The van der Waals surface area contributed by atoms with Gasteiger partial charge in [0.2, 0.25) is 0 Å². The maximum Gasteiger partial charge on any atom is 0.142 e. The summed E-state index contributed by atoms with van der Waals surface area (Å²) in [7, 11) is 1.53. The third-order valence-corrected chi connectivity index (χ3v) is 4.45. The number of rotatable bonds is 5. The molecule has 0 atom stereocenters. The van der Waals surface area contributed by atoms with Crippen molar-refractivity contribution in [3.8, 4) is 40.0 Å². The first-order valence-electron chi connectivity index (χ1n) is 8.60. The van der Waals surface area contributed by atoms with Gasteiger partial charge in [0.25, 0.3) is 0 Å². The lowest BCUT2D eigenvalue weighted by atomic mass is 9.97. The minimum absolute atomic E-state index is 0.0681. The van der Waals surface area contributed by atoms with Crippen molar-refractivity contribution in [2.45, 2.75) is 26.8 Å². The summed E-state index contributed by atoms with van der Waals surface area (Å²) in [5, 5.41) is 23.9. The molecule has 0 amide bonds. The summed E-state index contributed by atoms with van der Waals surface area (Å²) in [5.74, 6) is 0.718. The number of benzene rings is 1. The number of nitrogens with two attached hydrogens (primary N) is 1. The summed E-state index contributed by atoms with van der Waals surface area (Å²) in [5.41, 5.74) is 9.89. The lowest BCUT2D eigenvalue weighted by Gasteiger charge is -2.13. The van der Waals surface area contributed by atoms with E-state index in [-0.39, 0.29) is 17.1 Å². The summed E-state index contributed by atoms with van der Waals surface area (Å²) in [6.45, 7) is 4.87. The third kappa shape index (κ3) is 3.29. The van der Waals surface area contributed by atoms with Gasteiger partial charge in [-0.15, -0.1) is 0 Å². The van der Waals surface area contributed by atoms with Crippen LogP contribution in [-0.4, -0.2) is 27.0 Å². The predicted molar refractivity (Wildman–Crippen MR) is 103 cm³/mol. The molecule has 27 heavy (non-hydrogen) atoms. The predicted octanol–water partition coefficient (Wildman–Crippen LogP) is 3.50. The van der Waals surface area contributed by atoms with Gasteiger partial charge in [0.1, 0.15) is 28.9 Å². The quantitative estimate of drug-likeness (QED) is 0.718. The van der Waals surface area contributed by atoms with E-state index in [1.165, 1.54) is 13.2 Å². The summed E-state index contributed by atoms with van der Waals surface area (Å²) in [4.78, 5) is 4.41. The Morgan fingerprint density at radius 2 is 2.04 bits per heavy atom. The SMILES string of the molecule is CCCn1ncc(-c2cc(-c3cc(O)ccc3OC)c(C#N)c(N)n2)c1C. The van der Waals surface area contributed by atoms with Crippen LogP contribution >= 0.6 is 0 Å². The van der Waals surface area contributed by atoms with Crippen LogP contribution in [0.2, 0.25) is 0 Å². The molecule has 1 aromatic carbocycles. The van der Waals surface area contributed by atoms with Crippen LogP contribution in [-0.2, 0) is 6.54 Å². The second-order valence-electron chi connectivity index (χ2n) is 6.18. The maximum absolute atomic E-state index is 9.92. The van der Waals surface area contributed by atoms with Gasteiger partial charge in [-0.05, 0) is 37.6 Å². The molecule has 0 fully saturated rings. The number of aryl methyl sites for hydroxylation is 1. The van der Waals surface area contributed by atoms with E-state index in [0.29, 0.717) is 22.6 Å². The van der Waals surface area contributed by atoms with Crippen LogP contribution in [0.25, 0.3) is 22.4 Å². The van der Waals surface area contributed by atoms with Crippen molar-refractivity contribution in [2.24, 2.45) is 0 Å². The van der Waals surface area contributed by atoms with E-state index >= 15 is 0 Å². The molecular formula is C20H21N5O2. The minimum Gasteiger partial charge on any atom is -0.508 e. The number of nitriles is 1. The van der Waals surface area contributed by atoms with Crippen molar-refractivity contribution < 1.29 is 9.84 Å². The van der Waals surface area contributed by atoms with E-state index < -0.39 is 0 Å². The van der Waals surface area contributed by atoms with Crippen molar-refractivity contribution in [1.82, 2.24) is 14.8 Å². The van der Waals surface area contributed by atoms with Gasteiger partial charge in [-0.3, -0.25) is 4.68 Å². The molecule has 0 unspecified atom stereocenters. The zero-order chi connectivity index (χ0) is 19.6. The van der Waals surface area contributed by atoms with E-state index in [9.17, 15) is 10.4 Å². The van der Waals surface area contributed by atoms with Gasteiger partial charge in [-0.1, -0.05) is 6.92 Å². The van der Waals surface area contributed by atoms with Crippen LogP contribution in [0.3, 0.4) is 0 Å². The Hall–Kier alpha value is -3.53. The number of pyridine rings is 1. The van der Waals surface area contributed by atoms with Crippen molar-refractivity contribution in [3.63, 3.8) is 0 Å². The van der Waals surface area contributed by atoms with E-state index in [1.54, 1.807) is 24.4 Å². The molecule has 0 radical (unpaired) electrons. The second-order valence-corrected chi connectivity index (χ2v) is 6.18. The molecule has 0 aliphatic heterocycles. The van der Waals surface area contributed by atoms with Gasteiger partial charge in [0, 0.05) is 28.9 Å². The topological polar surface area (TPSA) is 110 Å². The van der Waals surface area contributed by atoms with Crippen LogP contribution in [0.5, 0.6) is 11.5 Å². The van der Waals surface area contributed by atoms with Gasteiger partial charge < -0.3 is 15.6 Å². The zero-order valence-corrected chi connectivity index (χ0v) is 15.5.